The largest absolute Gasteiger partial charge is 0.495 e. The first-order chi connectivity index (χ1) is 11.2. The highest BCUT2D eigenvalue weighted by atomic mass is 16.5. The van der Waals surface area contributed by atoms with Crippen LogP contribution in [0.4, 0.5) is 5.82 Å². The fourth-order valence-corrected chi connectivity index (χ4v) is 2.75. The highest BCUT2D eigenvalue weighted by Crippen LogP contribution is 2.18. The Balaban J connectivity index is 1.53. The molecule has 0 aliphatic heterocycles. The van der Waals surface area contributed by atoms with E-state index in [0.717, 1.165) is 56.6 Å². The molecule has 1 heterocycles. The molecule has 1 saturated carbocycles. The van der Waals surface area contributed by atoms with Gasteiger partial charge in [-0.3, -0.25) is 4.79 Å². The molecule has 1 aromatic rings. The Morgan fingerprint density at radius 3 is 2.74 bits per heavy atom. The van der Waals surface area contributed by atoms with E-state index in [4.69, 9.17) is 4.74 Å². The number of methoxy groups -OCH3 is 1. The summed E-state index contributed by atoms with van der Waals surface area (Å²) < 4.78 is 5.06. The van der Waals surface area contributed by atoms with Crippen molar-refractivity contribution in [2.24, 2.45) is 0 Å². The van der Waals surface area contributed by atoms with Gasteiger partial charge in [0.1, 0.15) is 11.6 Å². The number of hydrogen-bond donors (Lipinski definition) is 3. The maximum atomic E-state index is 11.9. The number of aliphatic hydroxyl groups excluding tert-OH is 1. The standard InChI is InChI=1S/C17H27N3O3/c1-23-15-9-10-16(19-12-15)18-11-3-2-4-17(22)20-13-5-7-14(21)8-6-13/h9-10,12-14,21H,2-8,11H2,1H3,(H,18,19)(H,20,22). The topological polar surface area (TPSA) is 83.5 Å². The van der Waals surface area contributed by atoms with Crippen molar-refractivity contribution in [3.05, 3.63) is 18.3 Å². The number of hydrogen-bond acceptors (Lipinski definition) is 5. The van der Waals surface area contributed by atoms with Crippen LogP contribution in [0, 0.1) is 0 Å². The maximum absolute atomic E-state index is 11.9. The summed E-state index contributed by atoms with van der Waals surface area (Å²) in [6, 6.07) is 3.99. The number of ether oxygens (including phenoxy) is 1. The van der Waals surface area contributed by atoms with Crippen molar-refractivity contribution < 1.29 is 14.6 Å². The van der Waals surface area contributed by atoms with E-state index in [0.29, 0.717) is 6.42 Å². The van der Waals surface area contributed by atoms with Crippen LogP contribution in [0.3, 0.4) is 0 Å². The van der Waals surface area contributed by atoms with E-state index in [2.05, 4.69) is 15.6 Å². The Kier molecular flexibility index (Phi) is 7.13. The van der Waals surface area contributed by atoms with Crippen LogP contribution in [-0.2, 0) is 4.79 Å². The predicted molar refractivity (Wildman–Crippen MR) is 89.5 cm³/mol. The van der Waals surface area contributed by atoms with Crippen LogP contribution in [0.25, 0.3) is 0 Å². The van der Waals surface area contributed by atoms with Crippen molar-refractivity contribution >= 4 is 11.7 Å². The molecule has 1 aromatic heterocycles. The molecule has 3 N–H and O–H groups in total. The molecule has 6 heteroatoms. The lowest BCUT2D eigenvalue weighted by Gasteiger charge is -2.26. The fourth-order valence-electron chi connectivity index (χ4n) is 2.75. The number of aromatic nitrogens is 1. The highest BCUT2D eigenvalue weighted by Gasteiger charge is 2.20. The van der Waals surface area contributed by atoms with Crippen LogP contribution < -0.4 is 15.4 Å². The maximum Gasteiger partial charge on any atom is 0.220 e. The van der Waals surface area contributed by atoms with Crippen molar-refractivity contribution in [2.75, 3.05) is 19.0 Å². The third-order valence-corrected chi connectivity index (χ3v) is 4.17. The van der Waals surface area contributed by atoms with Crippen molar-refractivity contribution in [3.8, 4) is 5.75 Å². The minimum absolute atomic E-state index is 0.119. The summed E-state index contributed by atoms with van der Waals surface area (Å²) in [7, 11) is 1.62. The summed E-state index contributed by atoms with van der Waals surface area (Å²) >= 11 is 0. The van der Waals surface area contributed by atoms with E-state index in [1.807, 2.05) is 12.1 Å². The minimum Gasteiger partial charge on any atom is -0.495 e. The summed E-state index contributed by atoms with van der Waals surface area (Å²) in [5.41, 5.74) is 0. The van der Waals surface area contributed by atoms with Crippen molar-refractivity contribution in [1.29, 1.82) is 0 Å². The second kappa shape index (κ2) is 9.35. The van der Waals surface area contributed by atoms with Crippen molar-refractivity contribution in [2.45, 2.75) is 57.1 Å². The minimum atomic E-state index is -0.180. The van der Waals surface area contributed by atoms with Gasteiger partial charge in [0.2, 0.25) is 5.91 Å². The Bertz CT molecular complexity index is 470. The van der Waals surface area contributed by atoms with Crippen LogP contribution in [0.5, 0.6) is 5.75 Å². The Hall–Kier alpha value is -1.82. The molecule has 0 spiro atoms. The molecule has 0 unspecified atom stereocenters. The van der Waals surface area contributed by atoms with Gasteiger partial charge in [0, 0.05) is 19.0 Å². The van der Waals surface area contributed by atoms with Gasteiger partial charge in [-0.15, -0.1) is 0 Å². The molecule has 0 radical (unpaired) electrons. The summed E-state index contributed by atoms with van der Waals surface area (Å²) in [4.78, 5) is 16.1. The third-order valence-electron chi connectivity index (χ3n) is 4.17. The quantitative estimate of drug-likeness (QED) is 0.639. The molecule has 2 rings (SSSR count). The number of nitrogens with one attached hydrogen (secondary N) is 2. The molecule has 1 aliphatic carbocycles. The average Bonchev–Trinajstić information content (AvgIpc) is 2.57. The van der Waals surface area contributed by atoms with Gasteiger partial charge in [0.15, 0.2) is 0 Å². The van der Waals surface area contributed by atoms with Crippen LogP contribution in [0.1, 0.15) is 44.9 Å². The Morgan fingerprint density at radius 1 is 1.30 bits per heavy atom. The molecule has 1 fully saturated rings. The van der Waals surface area contributed by atoms with Crippen LogP contribution >= 0.6 is 0 Å². The molecule has 0 bridgehead atoms. The van der Waals surface area contributed by atoms with E-state index in [1.165, 1.54) is 0 Å². The molecule has 6 nitrogen and oxygen atoms in total. The number of anilines is 1. The van der Waals surface area contributed by atoms with Gasteiger partial charge >= 0.3 is 0 Å². The zero-order valence-electron chi connectivity index (χ0n) is 13.8. The molecule has 0 atom stereocenters. The molecule has 0 saturated heterocycles. The van der Waals surface area contributed by atoms with Crippen LogP contribution in [-0.4, -0.2) is 41.8 Å². The van der Waals surface area contributed by atoms with Gasteiger partial charge in [-0.1, -0.05) is 0 Å². The van der Waals surface area contributed by atoms with Crippen molar-refractivity contribution in [3.63, 3.8) is 0 Å². The van der Waals surface area contributed by atoms with E-state index < -0.39 is 0 Å². The summed E-state index contributed by atoms with van der Waals surface area (Å²) in [6.07, 6.45) is 7.19. The summed E-state index contributed by atoms with van der Waals surface area (Å²) in [6.45, 7) is 0.794. The second-order valence-electron chi connectivity index (χ2n) is 6.04. The predicted octanol–water partition coefficient (Wildman–Crippen LogP) is 2.09. The Morgan fingerprint density at radius 2 is 2.09 bits per heavy atom. The van der Waals surface area contributed by atoms with Gasteiger partial charge in [0.05, 0.1) is 19.4 Å². The first-order valence-corrected chi connectivity index (χ1v) is 8.38. The van der Waals surface area contributed by atoms with Gasteiger partial charge in [0.25, 0.3) is 0 Å². The Labute approximate surface area is 137 Å². The average molecular weight is 321 g/mol. The molecular formula is C17H27N3O3. The van der Waals surface area contributed by atoms with Crippen molar-refractivity contribution in [1.82, 2.24) is 10.3 Å². The fraction of sp³-hybridized carbons (Fsp3) is 0.647. The lowest BCUT2D eigenvalue weighted by Crippen LogP contribution is -2.38. The lowest BCUT2D eigenvalue weighted by atomic mass is 9.93. The SMILES string of the molecule is COc1ccc(NCCCCC(=O)NC2CCC(O)CC2)nc1. The molecule has 1 amide bonds. The number of pyridine rings is 1. The molecule has 0 aromatic carbocycles. The monoisotopic (exact) mass is 321 g/mol. The number of carbonyl (C=O) groups excluding carboxylic acids is 1. The second-order valence-corrected chi connectivity index (χ2v) is 6.04. The summed E-state index contributed by atoms with van der Waals surface area (Å²) in [5.74, 6) is 1.67. The van der Waals surface area contributed by atoms with Gasteiger partial charge in [-0.05, 0) is 50.7 Å². The van der Waals surface area contributed by atoms with E-state index in [1.54, 1.807) is 13.3 Å². The van der Waals surface area contributed by atoms with Gasteiger partial charge in [-0.25, -0.2) is 4.98 Å². The number of rotatable bonds is 8. The number of amides is 1. The first-order valence-electron chi connectivity index (χ1n) is 8.38. The number of carbonyl (C=O) groups is 1. The molecular weight excluding hydrogens is 294 g/mol. The third kappa shape index (κ3) is 6.44. The zero-order valence-corrected chi connectivity index (χ0v) is 13.8. The number of unbranched alkanes of at least 4 members (excludes halogenated alkanes) is 1. The molecule has 1 aliphatic rings. The van der Waals surface area contributed by atoms with Crippen LogP contribution in [0.15, 0.2) is 18.3 Å². The van der Waals surface area contributed by atoms with Gasteiger partial charge < -0.3 is 20.5 Å². The highest BCUT2D eigenvalue weighted by molar-refractivity contribution is 5.76. The lowest BCUT2D eigenvalue weighted by molar-refractivity contribution is -0.122. The summed E-state index contributed by atoms with van der Waals surface area (Å²) in [5, 5.41) is 15.7. The number of nitrogens with zero attached hydrogens (tertiary/aromatic N) is 1. The molecule has 23 heavy (non-hydrogen) atoms. The van der Waals surface area contributed by atoms with E-state index in [9.17, 15) is 9.90 Å². The van der Waals surface area contributed by atoms with E-state index in [-0.39, 0.29) is 18.1 Å². The first kappa shape index (κ1) is 17.5. The van der Waals surface area contributed by atoms with E-state index >= 15 is 0 Å². The normalized spacial score (nSPS) is 20.8. The van der Waals surface area contributed by atoms with Gasteiger partial charge in [-0.2, -0.15) is 0 Å². The van der Waals surface area contributed by atoms with Crippen LogP contribution in [0.2, 0.25) is 0 Å². The zero-order chi connectivity index (χ0) is 16.5. The molecule has 128 valence electrons. The number of aliphatic hydroxyl groups is 1. The smallest absolute Gasteiger partial charge is 0.220 e.